The van der Waals surface area contributed by atoms with Crippen LogP contribution >= 0.6 is 0 Å². The Bertz CT molecular complexity index is 616. The van der Waals surface area contributed by atoms with Gasteiger partial charge in [0, 0.05) is 32.9 Å². The smallest absolute Gasteiger partial charge is 0.228 e. The summed E-state index contributed by atoms with van der Waals surface area (Å²) in [5.74, 6) is 2.58. The minimum absolute atomic E-state index is 0.733. The zero-order valence-electron chi connectivity index (χ0n) is 12.8. The molecule has 1 aliphatic rings. The summed E-state index contributed by atoms with van der Waals surface area (Å²) in [5, 5.41) is 1.14. The average molecular weight is 273 g/mol. The van der Waals surface area contributed by atoms with Crippen LogP contribution < -0.4 is 9.80 Å². The molecule has 1 saturated heterocycles. The van der Waals surface area contributed by atoms with Gasteiger partial charge >= 0.3 is 0 Å². The molecule has 108 valence electrons. The quantitative estimate of drug-likeness (QED) is 0.913. The lowest BCUT2D eigenvalue weighted by Crippen LogP contribution is -2.35. The molecule has 0 aromatic carbocycles. The van der Waals surface area contributed by atoms with Crippen molar-refractivity contribution in [1.29, 1.82) is 0 Å². The van der Waals surface area contributed by atoms with E-state index in [1.165, 1.54) is 12.8 Å². The molecule has 5 nitrogen and oxygen atoms in total. The van der Waals surface area contributed by atoms with Gasteiger partial charge < -0.3 is 14.8 Å². The Labute approximate surface area is 120 Å². The van der Waals surface area contributed by atoms with Crippen LogP contribution in [0.15, 0.2) is 6.07 Å². The van der Waals surface area contributed by atoms with Crippen molar-refractivity contribution >= 4 is 22.8 Å². The van der Waals surface area contributed by atoms with Crippen LogP contribution in [0.25, 0.3) is 11.0 Å². The Hall–Kier alpha value is -1.78. The molecule has 20 heavy (non-hydrogen) atoms. The van der Waals surface area contributed by atoms with Gasteiger partial charge in [-0.3, -0.25) is 0 Å². The van der Waals surface area contributed by atoms with Gasteiger partial charge in [0.15, 0.2) is 0 Å². The summed E-state index contributed by atoms with van der Waals surface area (Å²) in [4.78, 5) is 17.1. The highest BCUT2D eigenvalue weighted by molar-refractivity contribution is 5.89. The first-order chi connectivity index (χ1) is 9.54. The van der Waals surface area contributed by atoms with Crippen LogP contribution in [0.3, 0.4) is 0 Å². The van der Waals surface area contributed by atoms with Crippen LogP contribution in [-0.4, -0.2) is 42.1 Å². The highest BCUT2D eigenvalue weighted by Crippen LogP contribution is 2.30. The number of rotatable bonds is 2. The zero-order chi connectivity index (χ0) is 14.3. The normalized spacial score (nSPS) is 19.6. The summed E-state index contributed by atoms with van der Waals surface area (Å²) in [7, 11) is 3.97. The molecule has 5 heteroatoms. The standard InChI is InChI=1S/C15H23N5/c1-10-6-5-7-20(9-10)14-12-8-11(2)16-13(12)17-15(18-14)19(3)4/h8,10H,5-7,9H2,1-4H3,(H,16,17,18). The van der Waals surface area contributed by atoms with Gasteiger partial charge in [-0.1, -0.05) is 6.92 Å². The molecule has 0 aliphatic carbocycles. The SMILES string of the molecule is Cc1cc2c(N3CCCC(C)C3)nc(N(C)C)nc2[nH]1. The number of nitrogens with one attached hydrogen (secondary N) is 1. The van der Waals surface area contributed by atoms with Crippen molar-refractivity contribution in [3.05, 3.63) is 11.8 Å². The van der Waals surface area contributed by atoms with Crippen molar-refractivity contribution in [2.24, 2.45) is 5.92 Å². The van der Waals surface area contributed by atoms with E-state index in [-0.39, 0.29) is 0 Å². The van der Waals surface area contributed by atoms with E-state index in [4.69, 9.17) is 4.98 Å². The van der Waals surface area contributed by atoms with Gasteiger partial charge in [-0.25, -0.2) is 0 Å². The Morgan fingerprint density at radius 1 is 1.35 bits per heavy atom. The number of aromatic amines is 1. The molecule has 3 rings (SSSR count). The van der Waals surface area contributed by atoms with Crippen molar-refractivity contribution < 1.29 is 0 Å². The van der Waals surface area contributed by atoms with Crippen LogP contribution in [0.4, 0.5) is 11.8 Å². The van der Waals surface area contributed by atoms with E-state index in [1.807, 2.05) is 19.0 Å². The fraction of sp³-hybridized carbons (Fsp3) is 0.600. The molecule has 0 amide bonds. The lowest BCUT2D eigenvalue weighted by atomic mass is 10.0. The summed E-state index contributed by atoms with van der Waals surface area (Å²) < 4.78 is 0. The molecule has 1 fully saturated rings. The molecular formula is C15H23N5. The number of nitrogens with zero attached hydrogens (tertiary/aromatic N) is 4. The second-order valence-corrected chi connectivity index (χ2v) is 6.15. The Kier molecular flexibility index (Phi) is 3.28. The van der Waals surface area contributed by atoms with E-state index in [1.54, 1.807) is 0 Å². The molecule has 2 aromatic heterocycles. The topological polar surface area (TPSA) is 48.1 Å². The zero-order valence-corrected chi connectivity index (χ0v) is 12.8. The van der Waals surface area contributed by atoms with Gasteiger partial charge in [-0.15, -0.1) is 0 Å². The fourth-order valence-electron chi connectivity index (χ4n) is 2.94. The molecule has 0 saturated carbocycles. The van der Waals surface area contributed by atoms with Crippen molar-refractivity contribution in [2.75, 3.05) is 37.0 Å². The third-order valence-electron chi connectivity index (χ3n) is 3.95. The van der Waals surface area contributed by atoms with E-state index < -0.39 is 0 Å². The molecule has 1 N–H and O–H groups in total. The molecule has 1 atom stereocenters. The molecule has 0 spiro atoms. The van der Waals surface area contributed by atoms with Gasteiger partial charge in [-0.05, 0) is 31.7 Å². The van der Waals surface area contributed by atoms with Gasteiger partial charge in [0.25, 0.3) is 0 Å². The molecule has 1 unspecified atom stereocenters. The summed E-state index contributed by atoms with van der Waals surface area (Å²) in [6.45, 7) is 6.57. The lowest BCUT2D eigenvalue weighted by molar-refractivity contribution is 0.445. The monoisotopic (exact) mass is 273 g/mol. The van der Waals surface area contributed by atoms with Crippen LogP contribution in [0, 0.1) is 12.8 Å². The van der Waals surface area contributed by atoms with Gasteiger partial charge in [-0.2, -0.15) is 9.97 Å². The number of piperidine rings is 1. The second-order valence-electron chi connectivity index (χ2n) is 6.15. The summed E-state index contributed by atoms with van der Waals surface area (Å²) >= 11 is 0. The van der Waals surface area contributed by atoms with E-state index in [0.29, 0.717) is 0 Å². The molecule has 3 heterocycles. The first kappa shape index (κ1) is 13.2. The predicted octanol–water partition coefficient (Wildman–Crippen LogP) is 2.57. The third kappa shape index (κ3) is 2.32. The number of H-pyrrole nitrogens is 1. The Balaban J connectivity index is 2.11. The second kappa shape index (κ2) is 4.96. The number of hydrogen-bond acceptors (Lipinski definition) is 4. The Morgan fingerprint density at radius 2 is 2.15 bits per heavy atom. The fourth-order valence-corrected chi connectivity index (χ4v) is 2.94. The summed E-state index contributed by atoms with van der Waals surface area (Å²) in [6.07, 6.45) is 2.56. The summed E-state index contributed by atoms with van der Waals surface area (Å²) in [5.41, 5.74) is 2.07. The third-order valence-corrected chi connectivity index (χ3v) is 3.95. The minimum atomic E-state index is 0.733. The van der Waals surface area contributed by atoms with Gasteiger partial charge in [0.1, 0.15) is 11.5 Å². The molecule has 0 bridgehead atoms. The lowest BCUT2D eigenvalue weighted by Gasteiger charge is -2.32. The molecular weight excluding hydrogens is 250 g/mol. The number of anilines is 2. The van der Waals surface area contributed by atoms with Gasteiger partial charge in [0.05, 0.1) is 5.39 Å². The van der Waals surface area contributed by atoms with E-state index >= 15 is 0 Å². The summed E-state index contributed by atoms with van der Waals surface area (Å²) in [6, 6.07) is 2.16. The first-order valence-electron chi connectivity index (χ1n) is 7.34. The number of fused-ring (bicyclic) bond motifs is 1. The van der Waals surface area contributed by atoms with Crippen molar-refractivity contribution in [1.82, 2.24) is 15.0 Å². The molecule has 2 aromatic rings. The maximum Gasteiger partial charge on any atom is 0.228 e. The highest BCUT2D eigenvalue weighted by Gasteiger charge is 2.21. The van der Waals surface area contributed by atoms with Crippen LogP contribution in [0.2, 0.25) is 0 Å². The first-order valence-corrected chi connectivity index (χ1v) is 7.34. The van der Waals surface area contributed by atoms with Crippen molar-refractivity contribution in [3.8, 4) is 0 Å². The van der Waals surface area contributed by atoms with E-state index in [2.05, 4.69) is 34.8 Å². The van der Waals surface area contributed by atoms with Gasteiger partial charge in [0.2, 0.25) is 5.95 Å². The highest BCUT2D eigenvalue weighted by atomic mass is 15.3. The number of aromatic nitrogens is 3. The Morgan fingerprint density at radius 3 is 2.85 bits per heavy atom. The van der Waals surface area contributed by atoms with Crippen LogP contribution in [0.5, 0.6) is 0 Å². The van der Waals surface area contributed by atoms with Crippen LogP contribution in [-0.2, 0) is 0 Å². The van der Waals surface area contributed by atoms with Crippen LogP contribution in [0.1, 0.15) is 25.5 Å². The minimum Gasteiger partial charge on any atom is -0.356 e. The maximum atomic E-state index is 4.79. The number of hydrogen-bond donors (Lipinski definition) is 1. The molecule has 0 radical (unpaired) electrons. The van der Waals surface area contributed by atoms with Crippen molar-refractivity contribution in [2.45, 2.75) is 26.7 Å². The molecule has 1 aliphatic heterocycles. The van der Waals surface area contributed by atoms with E-state index in [0.717, 1.165) is 47.5 Å². The predicted molar refractivity (Wildman–Crippen MR) is 83.6 cm³/mol. The average Bonchev–Trinajstić information content (AvgIpc) is 2.77. The van der Waals surface area contributed by atoms with Crippen molar-refractivity contribution in [3.63, 3.8) is 0 Å². The maximum absolute atomic E-state index is 4.79. The number of aryl methyl sites for hydroxylation is 1. The van der Waals surface area contributed by atoms with E-state index in [9.17, 15) is 0 Å². The largest absolute Gasteiger partial charge is 0.356 e.